The van der Waals surface area contributed by atoms with Gasteiger partial charge in [-0.05, 0) is 61.9 Å². The van der Waals surface area contributed by atoms with Crippen LogP contribution in [0.5, 0.6) is 0 Å². The van der Waals surface area contributed by atoms with Crippen molar-refractivity contribution in [1.82, 2.24) is 5.32 Å². The standard InChI is InChI=1S/C19H30FN/c1-3-11-21-19(10-9-16-7-5-4-6-8-16)17-12-15(2)13-18(20)14-17/h12-14,16,19,21H,3-11H2,1-2H3. The summed E-state index contributed by atoms with van der Waals surface area (Å²) in [6.45, 7) is 5.16. The van der Waals surface area contributed by atoms with Crippen LogP contribution in [0.15, 0.2) is 18.2 Å². The summed E-state index contributed by atoms with van der Waals surface area (Å²) in [5, 5.41) is 3.61. The Hall–Kier alpha value is -0.890. The number of benzene rings is 1. The van der Waals surface area contributed by atoms with Gasteiger partial charge in [0, 0.05) is 6.04 Å². The molecule has 0 bridgehead atoms. The molecule has 1 nitrogen and oxygen atoms in total. The van der Waals surface area contributed by atoms with Crippen molar-refractivity contribution in [2.45, 2.75) is 71.3 Å². The van der Waals surface area contributed by atoms with E-state index in [1.165, 1.54) is 38.5 Å². The molecule has 0 aliphatic heterocycles. The molecule has 118 valence electrons. The van der Waals surface area contributed by atoms with Crippen molar-refractivity contribution in [3.05, 3.63) is 35.1 Å². The molecule has 1 aliphatic carbocycles. The average Bonchev–Trinajstić information content (AvgIpc) is 2.47. The van der Waals surface area contributed by atoms with Gasteiger partial charge >= 0.3 is 0 Å². The number of halogens is 1. The Morgan fingerprint density at radius 2 is 1.95 bits per heavy atom. The van der Waals surface area contributed by atoms with E-state index in [1.807, 2.05) is 6.92 Å². The Bertz CT molecular complexity index is 403. The van der Waals surface area contributed by atoms with Gasteiger partial charge in [0.15, 0.2) is 0 Å². The first-order valence-electron chi connectivity index (χ1n) is 8.69. The highest BCUT2D eigenvalue weighted by Gasteiger charge is 2.17. The molecule has 2 rings (SSSR count). The van der Waals surface area contributed by atoms with Crippen LogP contribution in [0.4, 0.5) is 4.39 Å². The molecule has 0 radical (unpaired) electrons. The van der Waals surface area contributed by atoms with Crippen LogP contribution in [-0.4, -0.2) is 6.54 Å². The quantitative estimate of drug-likeness (QED) is 0.696. The van der Waals surface area contributed by atoms with Gasteiger partial charge in [0.1, 0.15) is 5.82 Å². The molecule has 0 aromatic heterocycles. The summed E-state index contributed by atoms with van der Waals surface area (Å²) in [4.78, 5) is 0. The van der Waals surface area contributed by atoms with Gasteiger partial charge in [0.25, 0.3) is 0 Å². The van der Waals surface area contributed by atoms with Crippen LogP contribution in [0.3, 0.4) is 0 Å². The van der Waals surface area contributed by atoms with Gasteiger partial charge in [0.05, 0.1) is 0 Å². The molecule has 1 N–H and O–H groups in total. The third-order valence-electron chi connectivity index (χ3n) is 4.70. The molecular weight excluding hydrogens is 261 g/mol. The molecule has 0 spiro atoms. The third kappa shape index (κ3) is 5.43. The van der Waals surface area contributed by atoms with Crippen LogP contribution >= 0.6 is 0 Å². The molecule has 1 unspecified atom stereocenters. The summed E-state index contributed by atoms with van der Waals surface area (Å²) in [5.41, 5.74) is 2.14. The SMILES string of the molecule is CCCNC(CCC1CCCCC1)c1cc(C)cc(F)c1. The van der Waals surface area contributed by atoms with E-state index in [2.05, 4.69) is 18.3 Å². The molecule has 1 aliphatic rings. The molecule has 21 heavy (non-hydrogen) atoms. The summed E-state index contributed by atoms with van der Waals surface area (Å²) >= 11 is 0. The van der Waals surface area contributed by atoms with Gasteiger partial charge in [-0.1, -0.05) is 45.1 Å². The first-order valence-corrected chi connectivity index (χ1v) is 8.69. The summed E-state index contributed by atoms with van der Waals surface area (Å²) in [6, 6.07) is 5.77. The molecule has 1 aromatic rings. The Morgan fingerprint density at radius 3 is 2.62 bits per heavy atom. The summed E-state index contributed by atoms with van der Waals surface area (Å²) in [5.74, 6) is 0.783. The highest BCUT2D eigenvalue weighted by atomic mass is 19.1. The van der Waals surface area contributed by atoms with Crippen molar-refractivity contribution in [3.63, 3.8) is 0 Å². The van der Waals surface area contributed by atoms with E-state index in [4.69, 9.17) is 0 Å². The second-order valence-corrected chi connectivity index (χ2v) is 6.65. The lowest BCUT2D eigenvalue weighted by Crippen LogP contribution is -2.23. The number of nitrogens with one attached hydrogen (secondary N) is 1. The van der Waals surface area contributed by atoms with Gasteiger partial charge in [-0.25, -0.2) is 4.39 Å². The van der Waals surface area contributed by atoms with Crippen LogP contribution in [0.1, 0.15) is 75.5 Å². The fourth-order valence-electron chi connectivity index (χ4n) is 3.55. The predicted octanol–water partition coefficient (Wildman–Crippen LogP) is 5.54. The van der Waals surface area contributed by atoms with Gasteiger partial charge in [-0.2, -0.15) is 0 Å². The highest BCUT2D eigenvalue weighted by Crippen LogP contribution is 2.30. The maximum atomic E-state index is 13.7. The highest BCUT2D eigenvalue weighted by molar-refractivity contribution is 5.26. The number of hydrogen-bond donors (Lipinski definition) is 1. The van der Waals surface area contributed by atoms with Crippen LogP contribution in [-0.2, 0) is 0 Å². The van der Waals surface area contributed by atoms with Crippen molar-refractivity contribution < 1.29 is 4.39 Å². The fraction of sp³-hybridized carbons (Fsp3) is 0.684. The summed E-state index contributed by atoms with van der Waals surface area (Å²) < 4.78 is 13.7. The lowest BCUT2D eigenvalue weighted by atomic mass is 9.84. The Balaban J connectivity index is 1.98. The molecule has 0 heterocycles. The number of aryl methyl sites for hydroxylation is 1. The van der Waals surface area contributed by atoms with E-state index in [0.29, 0.717) is 6.04 Å². The van der Waals surface area contributed by atoms with Gasteiger partial charge in [-0.15, -0.1) is 0 Å². The second kappa shape index (κ2) is 8.53. The van der Waals surface area contributed by atoms with Crippen LogP contribution in [0.25, 0.3) is 0 Å². The smallest absolute Gasteiger partial charge is 0.123 e. The van der Waals surface area contributed by atoms with Gasteiger partial charge in [0.2, 0.25) is 0 Å². The van der Waals surface area contributed by atoms with Gasteiger partial charge in [-0.3, -0.25) is 0 Å². The summed E-state index contributed by atoms with van der Waals surface area (Å²) in [6.07, 6.45) is 10.5. The lowest BCUT2D eigenvalue weighted by Gasteiger charge is -2.25. The van der Waals surface area contributed by atoms with E-state index in [0.717, 1.165) is 36.4 Å². The fourth-order valence-corrected chi connectivity index (χ4v) is 3.55. The van der Waals surface area contributed by atoms with Crippen LogP contribution in [0, 0.1) is 18.7 Å². The molecule has 1 saturated carbocycles. The zero-order valence-electron chi connectivity index (χ0n) is 13.6. The van der Waals surface area contributed by atoms with E-state index in [-0.39, 0.29) is 5.82 Å². The Morgan fingerprint density at radius 1 is 1.19 bits per heavy atom. The minimum atomic E-state index is -0.106. The van der Waals surface area contributed by atoms with Crippen LogP contribution < -0.4 is 5.32 Å². The number of rotatable bonds is 7. The normalized spacial score (nSPS) is 17.9. The number of hydrogen-bond acceptors (Lipinski definition) is 1. The largest absolute Gasteiger partial charge is 0.310 e. The topological polar surface area (TPSA) is 12.0 Å². The maximum Gasteiger partial charge on any atom is 0.123 e. The molecule has 1 aromatic carbocycles. The average molecular weight is 291 g/mol. The monoisotopic (exact) mass is 291 g/mol. The van der Waals surface area contributed by atoms with E-state index in [9.17, 15) is 4.39 Å². The second-order valence-electron chi connectivity index (χ2n) is 6.65. The zero-order valence-corrected chi connectivity index (χ0v) is 13.6. The van der Waals surface area contributed by atoms with Gasteiger partial charge < -0.3 is 5.32 Å². The van der Waals surface area contributed by atoms with Crippen molar-refractivity contribution in [2.24, 2.45) is 5.92 Å². The molecule has 1 atom stereocenters. The zero-order chi connectivity index (χ0) is 15.1. The Labute approximate surface area is 129 Å². The molecule has 2 heteroatoms. The van der Waals surface area contributed by atoms with E-state index < -0.39 is 0 Å². The minimum Gasteiger partial charge on any atom is -0.310 e. The van der Waals surface area contributed by atoms with Crippen molar-refractivity contribution in [3.8, 4) is 0 Å². The van der Waals surface area contributed by atoms with Crippen molar-refractivity contribution >= 4 is 0 Å². The van der Waals surface area contributed by atoms with Crippen molar-refractivity contribution in [1.29, 1.82) is 0 Å². The Kier molecular flexibility index (Phi) is 6.69. The minimum absolute atomic E-state index is 0.106. The predicted molar refractivity (Wildman–Crippen MR) is 88.0 cm³/mol. The molecular formula is C19H30FN. The summed E-state index contributed by atoms with van der Waals surface area (Å²) in [7, 11) is 0. The third-order valence-corrected chi connectivity index (χ3v) is 4.70. The van der Waals surface area contributed by atoms with Crippen LogP contribution in [0.2, 0.25) is 0 Å². The molecule has 0 amide bonds. The van der Waals surface area contributed by atoms with E-state index >= 15 is 0 Å². The molecule has 0 saturated heterocycles. The van der Waals surface area contributed by atoms with E-state index in [1.54, 1.807) is 12.1 Å². The van der Waals surface area contributed by atoms with Crippen molar-refractivity contribution in [2.75, 3.05) is 6.54 Å². The first kappa shape index (κ1) is 16.5. The lowest BCUT2D eigenvalue weighted by molar-refractivity contribution is 0.314. The maximum absolute atomic E-state index is 13.7. The first-order chi connectivity index (χ1) is 10.2. The molecule has 1 fully saturated rings.